The third kappa shape index (κ3) is 3.92. The molecule has 0 aromatic heterocycles. The number of aliphatic hydroxyl groups excluding tert-OH is 1. The van der Waals surface area contributed by atoms with Crippen molar-refractivity contribution in [1.82, 2.24) is 0 Å². The summed E-state index contributed by atoms with van der Waals surface area (Å²) in [6.07, 6.45) is -2.53. The van der Waals surface area contributed by atoms with E-state index >= 15 is 0 Å². The number of fused-ring (bicyclic) bond motifs is 1. The largest absolute Gasteiger partial charge is 0.486 e. The number of aliphatic hydroxyl groups is 1. The summed E-state index contributed by atoms with van der Waals surface area (Å²) in [6, 6.07) is 9.57. The molecule has 0 unspecified atom stereocenters. The number of Topliss-reactive ketones (excluding diaryl/α,β-unsaturated/α-hetero) is 1. The molecule has 1 N–H and O–H groups in total. The maximum Gasteiger partial charge on any atom is 0.297 e. The summed E-state index contributed by atoms with van der Waals surface area (Å²) in [4.78, 5) is 12.1. The molecule has 2 atom stereocenters. The third-order valence-electron chi connectivity index (χ3n) is 4.04. The molecule has 0 amide bonds. The van der Waals surface area contributed by atoms with Gasteiger partial charge in [0.15, 0.2) is 5.78 Å². The van der Waals surface area contributed by atoms with Gasteiger partial charge in [-0.2, -0.15) is 8.42 Å². The van der Waals surface area contributed by atoms with Crippen molar-refractivity contribution in [3.63, 3.8) is 0 Å². The van der Waals surface area contributed by atoms with Crippen molar-refractivity contribution in [1.29, 1.82) is 0 Å². The third-order valence-corrected chi connectivity index (χ3v) is 5.34. The van der Waals surface area contributed by atoms with Crippen molar-refractivity contribution >= 4 is 15.9 Å². The van der Waals surface area contributed by atoms with Crippen LogP contribution in [0.3, 0.4) is 0 Å². The van der Waals surface area contributed by atoms with E-state index in [9.17, 15) is 22.7 Å². The zero-order chi connectivity index (χ0) is 18.9. The number of halogens is 1. The first-order valence-electron chi connectivity index (χ1n) is 7.90. The van der Waals surface area contributed by atoms with Gasteiger partial charge in [0, 0.05) is 0 Å². The fraction of sp³-hybridized carbons (Fsp3) is 0.278. The molecule has 8 heteroatoms. The Hall–Kier alpha value is -2.29. The van der Waals surface area contributed by atoms with Crippen LogP contribution in [0, 0.1) is 12.7 Å². The molecular weight excluding hydrogens is 363 g/mol. The van der Waals surface area contributed by atoms with Gasteiger partial charge in [-0.25, -0.2) is 4.39 Å². The van der Waals surface area contributed by atoms with Crippen LogP contribution in [0.1, 0.15) is 22.3 Å². The van der Waals surface area contributed by atoms with Gasteiger partial charge in [0.25, 0.3) is 10.1 Å². The maximum absolute atomic E-state index is 13.2. The molecule has 0 saturated heterocycles. The first-order valence-corrected chi connectivity index (χ1v) is 9.30. The minimum Gasteiger partial charge on any atom is -0.486 e. The number of ketones is 1. The minimum absolute atomic E-state index is 0.0308. The van der Waals surface area contributed by atoms with Gasteiger partial charge in [0.2, 0.25) is 0 Å². The zero-order valence-corrected chi connectivity index (χ0v) is 14.7. The quantitative estimate of drug-likeness (QED) is 0.800. The molecule has 26 heavy (non-hydrogen) atoms. The highest BCUT2D eigenvalue weighted by Crippen LogP contribution is 2.29. The molecule has 6 nitrogen and oxygen atoms in total. The molecule has 0 aliphatic carbocycles. The van der Waals surface area contributed by atoms with Crippen LogP contribution >= 0.6 is 0 Å². The van der Waals surface area contributed by atoms with Gasteiger partial charge in [-0.3, -0.25) is 8.98 Å². The van der Waals surface area contributed by atoms with Crippen LogP contribution in [0.4, 0.5) is 4.39 Å². The summed E-state index contributed by atoms with van der Waals surface area (Å²) >= 11 is 0. The van der Waals surface area contributed by atoms with E-state index in [1.165, 1.54) is 18.2 Å². The molecule has 1 heterocycles. The molecular formula is C18H17FO6S. The first kappa shape index (κ1) is 18.5. The Morgan fingerprint density at radius 2 is 1.96 bits per heavy atom. The summed E-state index contributed by atoms with van der Waals surface area (Å²) in [5.41, 5.74) is 0.995. The summed E-state index contributed by atoms with van der Waals surface area (Å²) in [6.45, 7) is 1.26. The molecule has 1 aliphatic rings. The highest BCUT2D eigenvalue weighted by molar-refractivity contribution is 7.86. The molecule has 138 valence electrons. The first-order chi connectivity index (χ1) is 12.3. The molecule has 3 rings (SSSR count). The van der Waals surface area contributed by atoms with Gasteiger partial charge in [0.05, 0.1) is 23.5 Å². The smallest absolute Gasteiger partial charge is 0.297 e. The number of hydrogen-bond donors (Lipinski definition) is 1. The lowest BCUT2D eigenvalue weighted by Crippen LogP contribution is -2.40. The summed E-state index contributed by atoms with van der Waals surface area (Å²) in [5, 5.41) is 10.2. The van der Waals surface area contributed by atoms with E-state index in [4.69, 9.17) is 8.92 Å². The number of carbonyl (C=O) groups excluding carboxylic acids is 1. The van der Waals surface area contributed by atoms with Gasteiger partial charge in [-0.1, -0.05) is 17.7 Å². The van der Waals surface area contributed by atoms with Crippen LogP contribution in [0.5, 0.6) is 5.75 Å². The maximum atomic E-state index is 13.2. The van der Waals surface area contributed by atoms with Crippen LogP contribution in [0.25, 0.3) is 0 Å². The van der Waals surface area contributed by atoms with Crippen LogP contribution in [-0.4, -0.2) is 38.1 Å². The van der Waals surface area contributed by atoms with E-state index in [2.05, 4.69) is 0 Å². The SMILES string of the molecule is Cc1ccc(S(=O)(=O)OC[C@H](O)[C@@H]2CC(=O)c3cc(F)ccc3O2)cc1. The molecule has 0 radical (unpaired) electrons. The van der Waals surface area contributed by atoms with Crippen LogP contribution < -0.4 is 4.74 Å². The topological polar surface area (TPSA) is 89.9 Å². The van der Waals surface area contributed by atoms with Crippen molar-refractivity contribution in [2.45, 2.75) is 30.4 Å². The lowest BCUT2D eigenvalue weighted by Gasteiger charge is -2.28. The molecule has 0 saturated carbocycles. The summed E-state index contributed by atoms with van der Waals surface area (Å²) in [7, 11) is -4.04. The van der Waals surface area contributed by atoms with Crippen molar-refractivity contribution in [2.24, 2.45) is 0 Å². The fourth-order valence-electron chi connectivity index (χ4n) is 2.57. The van der Waals surface area contributed by atoms with Crippen molar-refractivity contribution in [2.75, 3.05) is 6.61 Å². The Morgan fingerprint density at radius 1 is 1.27 bits per heavy atom. The van der Waals surface area contributed by atoms with Crippen LogP contribution in [0.15, 0.2) is 47.4 Å². The number of benzene rings is 2. The van der Waals surface area contributed by atoms with E-state index in [0.29, 0.717) is 0 Å². The molecule has 1 aliphatic heterocycles. The van der Waals surface area contributed by atoms with Gasteiger partial charge in [0.1, 0.15) is 23.8 Å². The molecule has 2 aromatic carbocycles. The average molecular weight is 380 g/mol. The van der Waals surface area contributed by atoms with Crippen LogP contribution in [0.2, 0.25) is 0 Å². The second-order valence-corrected chi connectivity index (χ2v) is 7.66. The standard InChI is InChI=1S/C18H17FO6S/c1-11-2-5-13(6-3-11)26(22,23)24-10-16(21)18-9-15(20)14-8-12(19)4-7-17(14)25-18/h2-8,16,18,21H,9-10H2,1H3/t16-,18-/m0/s1. The van der Waals surface area contributed by atoms with Gasteiger partial charge in [-0.15, -0.1) is 0 Å². The molecule has 0 fully saturated rings. The Kier molecular flexibility index (Phi) is 5.08. The van der Waals surface area contributed by atoms with E-state index in [1.807, 2.05) is 6.92 Å². The molecule has 0 spiro atoms. The normalized spacial score (nSPS) is 18.1. The highest BCUT2D eigenvalue weighted by atomic mass is 32.2. The van der Waals surface area contributed by atoms with Crippen molar-refractivity contribution in [3.8, 4) is 5.75 Å². The molecule has 2 aromatic rings. The summed E-state index contributed by atoms with van der Waals surface area (Å²) in [5.74, 6) is -0.809. The number of rotatable bonds is 5. The number of aryl methyl sites for hydroxylation is 1. The Bertz CT molecular complexity index is 923. The lowest BCUT2D eigenvalue weighted by molar-refractivity contribution is 0.000495. The lowest BCUT2D eigenvalue weighted by atomic mass is 9.98. The van der Waals surface area contributed by atoms with E-state index in [-0.39, 0.29) is 22.6 Å². The van der Waals surface area contributed by atoms with Crippen LogP contribution in [-0.2, 0) is 14.3 Å². The zero-order valence-electron chi connectivity index (χ0n) is 13.9. The number of ether oxygens (including phenoxy) is 1. The van der Waals surface area contributed by atoms with Gasteiger partial charge >= 0.3 is 0 Å². The molecule has 0 bridgehead atoms. The Labute approximate surface area is 150 Å². The second kappa shape index (κ2) is 7.14. The van der Waals surface area contributed by atoms with Gasteiger partial charge in [-0.05, 0) is 37.3 Å². The minimum atomic E-state index is -4.04. The van der Waals surface area contributed by atoms with E-state index in [0.717, 1.165) is 17.7 Å². The number of carbonyl (C=O) groups is 1. The Morgan fingerprint density at radius 3 is 2.65 bits per heavy atom. The fourth-order valence-corrected chi connectivity index (χ4v) is 3.50. The van der Waals surface area contributed by atoms with Crippen molar-refractivity contribution in [3.05, 3.63) is 59.4 Å². The Balaban J connectivity index is 1.67. The highest BCUT2D eigenvalue weighted by Gasteiger charge is 2.33. The summed E-state index contributed by atoms with van der Waals surface area (Å²) < 4.78 is 47.9. The van der Waals surface area contributed by atoms with E-state index in [1.54, 1.807) is 12.1 Å². The van der Waals surface area contributed by atoms with E-state index < -0.39 is 40.5 Å². The second-order valence-electron chi connectivity index (χ2n) is 6.04. The predicted molar refractivity (Wildman–Crippen MR) is 90.1 cm³/mol. The van der Waals surface area contributed by atoms with Gasteiger partial charge < -0.3 is 9.84 Å². The monoisotopic (exact) mass is 380 g/mol. The average Bonchev–Trinajstić information content (AvgIpc) is 2.60. The van der Waals surface area contributed by atoms with Crippen molar-refractivity contribution < 1.29 is 31.6 Å². The predicted octanol–water partition coefficient (Wildman–Crippen LogP) is 2.23. The number of hydrogen-bond acceptors (Lipinski definition) is 6.